The molecule has 0 fully saturated rings. The third-order valence-electron chi connectivity index (χ3n) is 7.22. The molecule has 0 nitrogen and oxygen atoms in total. The van der Waals surface area contributed by atoms with E-state index in [1.54, 1.807) is 0 Å². The Bertz CT molecular complexity index is 1640. The smallest absolute Gasteiger partial charge is 0.0145 e. The van der Waals surface area contributed by atoms with Crippen LogP contribution in [0.1, 0.15) is 63.8 Å². The average molecular weight is 758 g/mol. The van der Waals surface area contributed by atoms with Crippen molar-refractivity contribution in [3.63, 3.8) is 0 Å². The van der Waals surface area contributed by atoms with Gasteiger partial charge in [0, 0.05) is 0 Å². The van der Waals surface area contributed by atoms with E-state index < -0.39 is 0 Å². The van der Waals surface area contributed by atoms with Gasteiger partial charge in [-0.25, -0.2) is 12.1 Å². The minimum atomic E-state index is 0.194. The Labute approximate surface area is 283 Å². The number of benzene rings is 4. The van der Waals surface area contributed by atoms with Gasteiger partial charge in [-0.3, -0.25) is 0 Å². The summed E-state index contributed by atoms with van der Waals surface area (Å²) in [4.78, 5) is 0. The number of hydrogen-bond donors (Lipinski definition) is 0. The van der Waals surface area contributed by atoms with Gasteiger partial charge in [0.05, 0.1) is 0 Å². The van der Waals surface area contributed by atoms with E-state index in [1.165, 1.54) is 71.2 Å². The van der Waals surface area contributed by atoms with Crippen molar-refractivity contribution >= 4 is 56.6 Å². The number of hydrogen-bond acceptors (Lipinski definition) is 0. The normalized spacial score (nSPS) is 11.5. The molecular weight excluding hydrogens is 719 g/mol. The Hall–Kier alpha value is -2.19. The molecule has 0 aliphatic carbocycles. The second-order valence-corrected chi connectivity index (χ2v) is 15.7. The van der Waals surface area contributed by atoms with Crippen LogP contribution in [0.3, 0.4) is 0 Å². The van der Waals surface area contributed by atoms with Crippen molar-refractivity contribution in [3.8, 4) is 0 Å². The Kier molecular flexibility index (Phi) is 11.0. The van der Waals surface area contributed by atoms with Gasteiger partial charge >= 0.3 is 128 Å². The maximum Gasteiger partial charge on any atom is -0.0145 e. The summed E-state index contributed by atoms with van der Waals surface area (Å²) in [5, 5.41) is 5.49. The van der Waals surface area contributed by atoms with Gasteiger partial charge in [0.15, 0.2) is 0 Å². The molecule has 0 amide bonds. The molecule has 0 heterocycles. The zero-order valence-corrected chi connectivity index (χ0v) is 30.9. The van der Waals surface area contributed by atoms with Gasteiger partial charge in [-0.2, -0.15) is 18.2 Å². The van der Waals surface area contributed by atoms with Crippen molar-refractivity contribution in [1.82, 2.24) is 0 Å². The Morgan fingerprint density at radius 2 is 1.00 bits per heavy atom. The molecule has 212 valence electrons. The summed E-state index contributed by atoms with van der Waals surface area (Å²) in [7, 11) is 0. The summed E-state index contributed by atoms with van der Waals surface area (Å²) in [5.41, 5.74) is 5.77. The van der Waals surface area contributed by atoms with Gasteiger partial charge in [0.2, 0.25) is 0 Å². The SMILES string of the molecule is Brc1cccc([C](=[Zr+2])c2cccc(Br)c2)c1.CC(C)(C)c1ccc2[cH-]c3ccc(C(C)(C)C)cc3c2c1.c1cc[cH-]c1. The summed E-state index contributed by atoms with van der Waals surface area (Å²) >= 11 is 8.43. The second kappa shape index (κ2) is 14.1. The van der Waals surface area contributed by atoms with Gasteiger partial charge in [-0.15, -0.1) is 39.7 Å². The minimum Gasteiger partial charge on any atom is -0.214 e. The Morgan fingerprint density at radius 1 is 0.571 bits per heavy atom. The fourth-order valence-corrected chi connectivity index (χ4v) is 6.27. The molecule has 42 heavy (non-hydrogen) atoms. The van der Waals surface area contributed by atoms with Crippen LogP contribution in [-0.2, 0) is 35.1 Å². The van der Waals surface area contributed by atoms with Gasteiger partial charge in [0.25, 0.3) is 0 Å². The summed E-state index contributed by atoms with van der Waals surface area (Å²) in [6.45, 7) is 13.7. The molecule has 0 aromatic heterocycles. The molecule has 6 aromatic carbocycles. The Morgan fingerprint density at radius 3 is 1.33 bits per heavy atom. The predicted octanol–water partition coefficient (Wildman–Crippen LogP) is 12.0. The molecule has 0 aliphatic rings. The molecule has 0 N–H and O–H groups in total. The first kappa shape index (κ1) is 32.7. The number of fused-ring (bicyclic) bond motifs is 3. The van der Waals surface area contributed by atoms with Crippen molar-refractivity contribution in [1.29, 1.82) is 0 Å². The van der Waals surface area contributed by atoms with E-state index in [0.717, 1.165) is 8.95 Å². The van der Waals surface area contributed by atoms with E-state index in [-0.39, 0.29) is 10.8 Å². The van der Waals surface area contributed by atoms with Crippen LogP contribution in [-0.4, -0.2) is 3.21 Å². The monoisotopic (exact) mass is 754 g/mol. The van der Waals surface area contributed by atoms with Crippen molar-refractivity contribution < 1.29 is 24.2 Å². The third-order valence-corrected chi connectivity index (χ3v) is 9.63. The molecule has 6 rings (SSSR count). The summed E-state index contributed by atoms with van der Waals surface area (Å²) in [6.07, 6.45) is 0. The van der Waals surface area contributed by atoms with E-state index in [9.17, 15) is 0 Å². The van der Waals surface area contributed by atoms with E-state index >= 15 is 0 Å². The van der Waals surface area contributed by atoms with Crippen LogP contribution in [0.5, 0.6) is 0 Å². The Balaban J connectivity index is 0.000000170. The molecule has 0 spiro atoms. The van der Waals surface area contributed by atoms with E-state index in [1.807, 2.05) is 42.5 Å². The molecule has 0 aliphatic heterocycles. The predicted molar refractivity (Wildman–Crippen MR) is 188 cm³/mol. The van der Waals surface area contributed by atoms with Crippen LogP contribution >= 0.6 is 31.9 Å². The molecule has 3 heteroatoms. The van der Waals surface area contributed by atoms with E-state index in [4.69, 9.17) is 0 Å². The maximum absolute atomic E-state index is 3.50. The summed E-state index contributed by atoms with van der Waals surface area (Å²) < 4.78 is 3.62. The van der Waals surface area contributed by atoms with Crippen molar-refractivity contribution in [2.75, 3.05) is 0 Å². The maximum atomic E-state index is 3.50. The largest absolute Gasteiger partial charge is 0.214 e. The molecule has 0 saturated heterocycles. The van der Waals surface area contributed by atoms with Gasteiger partial charge in [0.1, 0.15) is 0 Å². The van der Waals surface area contributed by atoms with Gasteiger partial charge in [-0.1, -0.05) is 76.9 Å². The first-order chi connectivity index (χ1) is 19.8. The van der Waals surface area contributed by atoms with Crippen LogP contribution in [0.15, 0.2) is 130 Å². The van der Waals surface area contributed by atoms with Gasteiger partial charge in [-0.05, 0) is 10.8 Å². The van der Waals surface area contributed by atoms with Crippen molar-refractivity contribution in [2.45, 2.75) is 52.4 Å². The van der Waals surface area contributed by atoms with Crippen LogP contribution in [0, 0.1) is 0 Å². The second-order valence-electron chi connectivity index (χ2n) is 12.6. The first-order valence-electron chi connectivity index (χ1n) is 14.2. The fourth-order valence-electron chi connectivity index (χ4n) is 4.71. The summed E-state index contributed by atoms with van der Waals surface area (Å²) in [5.74, 6) is 0. The van der Waals surface area contributed by atoms with Crippen LogP contribution in [0.4, 0.5) is 0 Å². The molecule has 0 bridgehead atoms. The van der Waals surface area contributed by atoms with Crippen molar-refractivity contribution in [3.05, 3.63) is 153 Å². The minimum absolute atomic E-state index is 0.194. The molecular formula is C39H38Br2Zr. The van der Waals surface area contributed by atoms with Crippen LogP contribution < -0.4 is 0 Å². The zero-order chi connectivity index (χ0) is 30.5. The van der Waals surface area contributed by atoms with Gasteiger partial charge < -0.3 is 0 Å². The number of halogens is 2. The van der Waals surface area contributed by atoms with E-state index in [0.29, 0.717) is 0 Å². The van der Waals surface area contributed by atoms with Crippen LogP contribution in [0.2, 0.25) is 0 Å². The first-order valence-corrected chi connectivity index (χ1v) is 17.1. The van der Waals surface area contributed by atoms with Crippen molar-refractivity contribution in [2.24, 2.45) is 0 Å². The standard InChI is InChI=1S/C21H25.C13H8Br2.C5H5.Zr/c1-20(2,3)16-9-7-14-11-15-8-10-17(21(4,5)6)13-19(15)18(14)12-16;14-12-5-1-3-10(8-12)7-11-4-2-6-13(15)9-11;1-2-4-5-3-1;/h7-13H,1-6H3;1-6,8-9H;1-5H;/q-1;;-1;+2. The summed E-state index contributed by atoms with van der Waals surface area (Å²) in [6, 6.07) is 43.0. The number of rotatable bonds is 2. The quantitative estimate of drug-likeness (QED) is 0.154. The molecule has 0 unspecified atom stereocenters. The molecule has 6 aromatic rings. The fraction of sp³-hybridized carbons (Fsp3) is 0.205. The topological polar surface area (TPSA) is 0 Å². The molecule has 0 saturated carbocycles. The third kappa shape index (κ3) is 8.69. The van der Waals surface area contributed by atoms with E-state index in [2.05, 4.69) is 152 Å². The van der Waals surface area contributed by atoms with Crippen LogP contribution in [0.25, 0.3) is 21.5 Å². The zero-order valence-electron chi connectivity index (χ0n) is 25.3. The average Bonchev–Trinajstić information content (AvgIpc) is 3.63. The molecule has 0 atom stereocenters. The molecule has 0 radical (unpaired) electrons.